The summed E-state index contributed by atoms with van der Waals surface area (Å²) in [4.78, 5) is 18.5. The highest BCUT2D eigenvalue weighted by Gasteiger charge is 2.41. The number of rotatable bonds is 6. The van der Waals surface area contributed by atoms with Crippen molar-refractivity contribution in [3.8, 4) is 17.1 Å². The molecule has 1 aliphatic rings. The van der Waals surface area contributed by atoms with Crippen LogP contribution in [-0.2, 0) is 19.1 Å². The molecule has 0 atom stereocenters. The number of benzene rings is 2. The Morgan fingerprint density at radius 2 is 1.74 bits per heavy atom. The third-order valence-corrected chi connectivity index (χ3v) is 6.62. The number of hydrogen-bond acceptors (Lipinski definition) is 5. The highest BCUT2D eigenvalue weighted by molar-refractivity contribution is 5.81. The van der Waals surface area contributed by atoms with Gasteiger partial charge in [0, 0.05) is 42.9 Å². The number of halogens is 3. The number of ether oxygens (including phenoxy) is 1. The maximum absolute atomic E-state index is 13.9. The Kier molecular flexibility index (Phi) is 6.54. The Morgan fingerprint density at radius 3 is 2.36 bits per heavy atom. The van der Waals surface area contributed by atoms with Crippen LogP contribution in [0.3, 0.4) is 0 Å². The zero-order valence-corrected chi connectivity index (χ0v) is 21.2. The Bertz CT molecular complexity index is 1520. The number of methoxy groups -OCH3 is 1. The van der Waals surface area contributed by atoms with Gasteiger partial charge in [-0.2, -0.15) is 18.3 Å². The molecule has 12 heteroatoms. The molecule has 2 aromatic heterocycles. The van der Waals surface area contributed by atoms with Crippen LogP contribution in [0.2, 0.25) is 0 Å². The van der Waals surface area contributed by atoms with Crippen LogP contribution in [0, 0.1) is 0 Å². The molecule has 202 valence electrons. The number of alkyl halides is 3. The predicted molar refractivity (Wildman–Crippen MR) is 138 cm³/mol. The van der Waals surface area contributed by atoms with Gasteiger partial charge in [-0.3, -0.25) is 0 Å². The molecular formula is C27H25F3N6O3. The number of hydrogen-bond donors (Lipinski definition) is 1. The molecule has 0 saturated carbocycles. The summed E-state index contributed by atoms with van der Waals surface area (Å²) in [6, 6.07) is 14.0. The van der Waals surface area contributed by atoms with Crippen molar-refractivity contribution in [3.63, 3.8) is 0 Å². The summed E-state index contributed by atoms with van der Waals surface area (Å²) in [5.41, 5.74) is 1.86. The Hall–Kier alpha value is -4.74. The third kappa shape index (κ3) is 4.80. The molecule has 0 radical (unpaired) electrons. The van der Waals surface area contributed by atoms with Gasteiger partial charge >= 0.3 is 12.3 Å². The van der Waals surface area contributed by atoms with Gasteiger partial charge in [-0.05, 0) is 55.0 Å². The van der Waals surface area contributed by atoms with E-state index in [4.69, 9.17) is 4.74 Å². The predicted octanol–water partition coefficient (Wildman–Crippen LogP) is 5.23. The van der Waals surface area contributed by atoms with Crippen molar-refractivity contribution in [1.82, 2.24) is 24.2 Å². The number of nitrogens with zero attached hydrogens (tertiary/aromatic N) is 6. The minimum absolute atomic E-state index is 0.104. The van der Waals surface area contributed by atoms with Crippen LogP contribution < -0.4 is 9.64 Å². The lowest BCUT2D eigenvalue weighted by atomic mass is 10.0. The average Bonchev–Trinajstić information content (AvgIpc) is 3.54. The lowest BCUT2D eigenvalue weighted by Gasteiger charge is -2.32. The van der Waals surface area contributed by atoms with E-state index in [0.717, 1.165) is 16.3 Å². The van der Waals surface area contributed by atoms with E-state index in [2.05, 4.69) is 16.7 Å². The maximum atomic E-state index is 13.9. The Labute approximate surface area is 222 Å². The molecule has 0 saturated heterocycles. The fraction of sp³-hybridized carbons (Fsp3) is 0.222. The first-order valence-electron chi connectivity index (χ1n) is 12.0. The van der Waals surface area contributed by atoms with Crippen molar-refractivity contribution >= 4 is 17.5 Å². The van der Waals surface area contributed by atoms with Crippen molar-refractivity contribution in [2.45, 2.75) is 19.1 Å². The van der Waals surface area contributed by atoms with E-state index in [9.17, 15) is 23.1 Å². The van der Waals surface area contributed by atoms with Crippen LogP contribution in [0.25, 0.3) is 17.1 Å². The normalized spacial score (nSPS) is 13.4. The Morgan fingerprint density at radius 1 is 1.10 bits per heavy atom. The fourth-order valence-electron chi connectivity index (χ4n) is 4.65. The summed E-state index contributed by atoms with van der Waals surface area (Å²) >= 11 is 0. The molecule has 4 aromatic rings. The van der Waals surface area contributed by atoms with Gasteiger partial charge in [-0.15, -0.1) is 0 Å². The average molecular weight is 539 g/mol. The maximum Gasteiger partial charge on any atom is 0.435 e. The van der Waals surface area contributed by atoms with E-state index in [1.165, 1.54) is 18.8 Å². The van der Waals surface area contributed by atoms with Crippen LogP contribution in [0.1, 0.15) is 22.8 Å². The van der Waals surface area contributed by atoms with Crippen LogP contribution in [0.15, 0.2) is 67.5 Å². The molecule has 5 rings (SSSR count). The Balaban J connectivity index is 1.48. The third-order valence-electron chi connectivity index (χ3n) is 6.62. The van der Waals surface area contributed by atoms with Crippen molar-refractivity contribution in [1.29, 1.82) is 0 Å². The van der Waals surface area contributed by atoms with Crippen LogP contribution in [0.4, 0.5) is 23.7 Å². The van der Waals surface area contributed by atoms with Crippen LogP contribution >= 0.6 is 0 Å². The zero-order chi connectivity index (χ0) is 27.9. The summed E-state index contributed by atoms with van der Waals surface area (Å²) in [6.45, 7) is 4.56. The first kappa shape index (κ1) is 25.9. The van der Waals surface area contributed by atoms with E-state index in [-0.39, 0.29) is 18.5 Å². The highest BCUT2D eigenvalue weighted by Crippen LogP contribution is 2.40. The van der Waals surface area contributed by atoms with E-state index < -0.39 is 18.0 Å². The molecule has 0 bridgehead atoms. The lowest BCUT2D eigenvalue weighted by molar-refractivity contribution is -0.141. The molecule has 9 nitrogen and oxygen atoms in total. The summed E-state index contributed by atoms with van der Waals surface area (Å²) in [5, 5.41) is 13.1. The topological polar surface area (TPSA) is 88.7 Å². The second-order valence-corrected chi connectivity index (χ2v) is 9.00. The van der Waals surface area contributed by atoms with Crippen LogP contribution in [-0.4, -0.2) is 56.1 Å². The SMILES string of the molecule is C=C1c2c(c(C(F)(F)F)nn2-c2ccc(OC)cc2)CCN1c1ccc(-n2ccnc2CN(C)C(=O)O)cc1. The molecule has 0 aliphatic carbocycles. The molecule has 3 heterocycles. The van der Waals surface area contributed by atoms with Gasteiger partial charge in [0.15, 0.2) is 5.69 Å². The van der Waals surface area contributed by atoms with Gasteiger partial charge < -0.3 is 24.2 Å². The number of carbonyl (C=O) groups is 1. The molecule has 1 amide bonds. The standard InChI is InChI=1S/C27H25F3N6O3/c1-17-24-22(25(27(28,29)30)32-36(24)20-8-10-21(39-3)11-9-20)12-14-34(17)18-4-6-19(7-5-18)35-15-13-31-23(35)16-33(2)26(37)38/h4-11,13,15H,1,12,14,16H2,2-3H3,(H,37,38). The number of amides is 1. The van der Waals surface area contributed by atoms with E-state index in [1.807, 2.05) is 29.2 Å². The first-order chi connectivity index (χ1) is 18.6. The van der Waals surface area contributed by atoms with Crippen molar-refractivity contribution in [2.75, 3.05) is 25.6 Å². The minimum atomic E-state index is -4.61. The van der Waals surface area contributed by atoms with Gasteiger partial charge in [0.25, 0.3) is 0 Å². The molecule has 0 fully saturated rings. The molecule has 0 spiro atoms. The summed E-state index contributed by atoms with van der Waals surface area (Å²) in [6.07, 6.45) is -2.22. The quantitative estimate of drug-likeness (QED) is 0.362. The number of anilines is 1. The molecular weight excluding hydrogens is 513 g/mol. The van der Waals surface area contributed by atoms with Gasteiger partial charge in [0.2, 0.25) is 0 Å². The number of fused-ring (bicyclic) bond motifs is 1. The molecule has 1 aliphatic heterocycles. The second kappa shape index (κ2) is 9.86. The molecule has 2 aromatic carbocycles. The largest absolute Gasteiger partial charge is 0.497 e. The summed E-state index contributed by atoms with van der Waals surface area (Å²) in [5.74, 6) is 1.12. The molecule has 0 unspecified atom stereocenters. The number of carboxylic acid groups (broad SMARTS) is 1. The van der Waals surface area contributed by atoms with Gasteiger partial charge in [-0.25, -0.2) is 14.5 Å². The summed E-state index contributed by atoms with van der Waals surface area (Å²) in [7, 11) is 2.97. The van der Waals surface area contributed by atoms with Gasteiger partial charge in [0.05, 0.1) is 30.7 Å². The van der Waals surface area contributed by atoms with E-state index in [0.29, 0.717) is 35.2 Å². The highest BCUT2D eigenvalue weighted by atomic mass is 19.4. The van der Waals surface area contributed by atoms with E-state index in [1.54, 1.807) is 41.2 Å². The van der Waals surface area contributed by atoms with Gasteiger partial charge in [-0.1, -0.05) is 6.58 Å². The first-order valence-corrected chi connectivity index (χ1v) is 12.0. The molecule has 39 heavy (non-hydrogen) atoms. The summed E-state index contributed by atoms with van der Waals surface area (Å²) < 4.78 is 50.0. The van der Waals surface area contributed by atoms with Gasteiger partial charge in [0.1, 0.15) is 11.6 Å². The van der Waals surface area contributed by atoms with Crippen molar-refractivity contribution < 1.29 is 27.8 Å². The number of aromatic nitrogens is 4. The monoisotopic (exact) mass is 538 g/mol. The van der Waals surface area contributed by atoms with Crippen LogP contribution in [0.5, 0.6) is 5.75 Å². The van der Waals surface area contributed by atoms with E-state index >= 15 is 0 Å². The smallest absolute Gasteiger partial charge is 0.435 e. The van der Waals surface area contributed by atoms with Crippen molar-refractivity contribution in [3.05, 3.63) is 90.3 Å². The van der Waals surface area contributed by atoms with Crippen molar-refractivity contribution in [2.24, 2.45) is 0 Å². The molecule has 1 N–H and O–H groups in total. The minimum Gasteiger partial charge on any atom is -0.497 e. The fourth-order valence-corrected chi connectivity index (χ4v) is 4.65. The lowest BCUT2D eigenvalue weighted by Crippen LogP contribution is -2.30. The zero-order valence-electron chi connectivity index (χ0n) is 21.2. The second-order valence-electron chi connectivity index (χ2n) is 9.00. The number of imidazole rings is 1.